The summed E-state index contributed by atoms with van der Waals surface area (Å²) in [5, 5.41) is 5.35. The minimum Gasteiger partial charge on any atom is -0.347 e. The number of carbonyl (C=O) groups is 2. The van der Waals surface area contributed by atoms with Crippen molar-refractivity contribution < 1.29 is 9.59 Å². The number of aromatic nitrogens is 2. The SMILES string of the molecule is C=CCNC(=O)c1cccc(C(=O)NCc2cccnc2)n1. The van der Waals surface area contributed by atoms with Crippen molar-refractivity contribution in [3.63, 3.8) is 0 Å². The van der Waals surface area contributed by atoms with Crippen molar-refractivity contribution in [1.29, 1.82) is 0 Å². The summed E-state index contributed by atoms with van der Waals surface area (Å²) in [5.41, 5.74) is 1.27. The molecule has 2 rings (SSSR count). The molecule has 0 aliphatic carbocycles. The minimum atomic E-state index is -0.346. The topological polar surface area (TPSA) is 84.0 Å². The lowest BCUT2D eigenvalue weighted by atomic mass is 10.2. The molecule has 0 aromatic carbocycles. The fourth-order valence-electron chi connectivity index (χ4n) is 1.72. The zero-order valence-corrected chi connectivity index (χ0v) is 12.0. The van der Waals surface area contributed by atoms with Crippen LogP contribution in [0.25, 0.3) is 0 Å². The molecular weight excluding hydrogens is 280 g/mol. The fraction of sp³-hybridized carbons (Fsp3) is 0.125. The van der Waals surface area contributed by atoms with E-state index in [0.717, 1.165) is 5.56 Å². The number of nitrogens with zero attached hydrogens (tertiary/aromatic N) is 2. The van der Waals surface area contributed by atoms with E-state index in [9.17, 15) is 9.59 Å². The van der Waals surface area contributed by atoms with Crippen LogP contribution in [0.5, 0.6) is 0 Å². The van der Waals surface area contributed by atoms with E-state index in [1.807, 2.05) is 6.07 Å². The average Bonchev–Trinajstić information content (AvgIpc) is 2.58. The molecule has 0 bridgehead atoms. The number of carbonyl (C=O) groups excluding carboxylic acids is 2. The number of hydrogen-bond acceptors (Lipinski definition) is 4. The van der Waals surface area contributed by atoms with Gasteiger partial charge in [-0.1, -0.05) is 18.2 Å². The highest BCUT2D eigenvalue weighted by atomic mass is 16.2. The van der Waals surface area contributed by atoms with Gasteiger partial charge in [-0.25, -0.2) is 4.98 Å². The molecule has 0 unspecified atom stereocenters. The van der Waals surface area contributed by atoms with Gasteiger partial charge in [0.1, 0.15) is 11.4 Å². The minimum absolute atomic E-state index is 0.190. The highest BCUT2D eigenvalue weighted by Crippen LogP contribution is 2.01. The molecule has 2 aromatic heterocycles. The third-order valence-electron chi connectivity index (χ3n) is 2.80. The van der Waals surface area contributed by atoms with Crippen molar-refractivity contribution in [3.8, 4) is 0 Å². The van der Waals surface area contributed by atoms with Crippen LogP contribution in [0.1, 0.15) is 26.5 Å². The molecule has 0 aliphatic rings. The molecule has 0 aliphatic heterocycles. The van der Waals surface area contributed by atoms with Crippen LogP contribution in [0, 0.1) is 0 Å². The quantitative estimate of drug-likeness (QED) is 0.788. The van der Waals surface area contributed by atoms with Gasteiger partial charge in [0.05, 0.1) is 0 Å². The summed E-state index contributed by atoms with van der Waals surface area (Å²) >= 11 is 0. The van der Waals surface area contributed by atoms with Crippen molar-refractivity contribution in [2.75, 3.05) is 6.54 Å². The molecule has 0 saturated carbocycles. The molecule has 0 saturated heterocycles. The Hall–Kier alpha value is -3.02. The molecule has 22 heavy (non-hydrogen) atoms. The van der Waals surface area contributed by atoms with Gasteiger partial charge in [0.15, 0.2) is 0 Å². The summed E-state index contributed by atoms with van der Waals surface area (Å²) in [7, 11) is 0. The zero-order valence-electron chi connectivity index (χ0n) is 12.0. The standard InChI is InChI=1S/C16H16N4O2/c1-2-8-18-15(21)13-6-3-7-14(20-13)16(22)19-11-12-5-4-9-17-10-12/h2-7,9-10H,1,8,11H2,(H,18,21)(H,19,22). The molecule has 2 aromatic rings. The molecule has 0 atom stereocenters. The first-order valence-electron chi connectivity index (χ1n) is 6.74. The number of rotatable bonds is 6. The Balaban J connectivity index is 2.00. The molecule has 2 amide bonds. The second-order valence-electron chi connectivity index (χ2n) is 4.45. The lowest BCUT2D eigenvalue weighted by Gasteiger charge is -2.06. The molecule has 6 nitrogen and oxygen atoms in total. The number of hydrogen-bond donors (Lipinski definition) is 2. The molecular formula is C16H16N4O2. The van der Waals surface area contributed by atoms with Gasteiger partial charge in [0.2, 0.25) is 0 Å². The third kappa shape index (κ3) is 4.24. The smallest absolute Gasteiger partial charge is 0.270 e. The van der Waals surface area contributed by atoms with Crippen LogP contribution >= 0.6 is 0 Å². The first-order chi connectivity index (χ1) is 10.7. The summed E-state index contributed by atoms with van der Waals surface area (Å²) in [5.74, 6) is -0.691. The van der Waals surface area contributed by atoms with E-state index in [0.29, 0.717) is 13.1 Å². The Morgan fingerprint density at radius 1 is 1.09 bits per heavy atom. The van der Waals surface area contributed by atoms with E-state index in [2.05, 4.69) is 27.2 Å². The van der Waals surface area contributed by atoms with Crippen LogP contribution in [-0.2, 0) is 6.54 Å². The summed E-state index contributed by atoms with van der Waals surface area (Å²) in [4.78, 5) is 31.9. The largest absolute Gasteiger partial charge is 0.347 e. The van der Waals surface area contributed by atoms with Crippen LogP contribution in [0.4, 0.5) is 0 Å². The molecule has 2 N–H and O–H groups in total. The summed E-state index contributed by atoms with van der Waals surface area (Å²) in [6, 6.07) is 8.39. The van der Waals surface area contributed by atoms with Gasteiger partial charge in [-0.3, -0.25) is 14.6 Å². The van der Waals surface area contributed by atoms with Gasteiger partial charge in [0, 0.05) is 25.5 Å². The average molecular weight is 296 g/mol. The van der Waals surface area contributed by atoms with Crippen LogP contribution < -0.4 is 10.6 Å². The van der Waals surface area contributed by atoms with Crippen molar-refractivity contribution >= 4 is 11.8 Å². The highest BCUT2D eigenvalue weighted by Gasteiger charge is 2.11. The molecule has 112 valence electrons. The van der Waals surface area contributed by atoms with Crippen LogP contribution in [-0.4, -0.2) is 28.3 Å². The van der Waals surface area contributed by atoms with Gasteiger partial charge in [-0.15, -0.1) is 6.58 Å². The number of nitrogens with one attached hydrogen (secondary N) is 2. The van der Waals surface area contributed by atoms with Gasteiger partial charge >= 0.3 is 0 Å². The van der Waals surface area contributed by atoms with E-state index in [1.165, 1.54) is 0 Å². The Morgan fingerprint density at radius 3 is 2.45 bits per heavy atom. The van der Waals surface area contributed by atoms with Crippen LogP contribution in [0.15, 0.2) is 55.4 Å². The Kier molecular flexibility index (Phi) is 5.37. The Morgan fingerprint density at radius 2 is 1.82 bits per heavy atom. The second-order valence-corrected chi connectivity index (χ2v) is 4.45. The monoisotopic (exact) mass is 296 g/mol. The third-order valence-corrected chi connectivity index (χ3v) is 2.80. The molecule has 0 spiro atoms. The maximum atomic E-state index is 12.1. The van der Waals surface area contributed by atoms with Gasteiger partial charge in [0.25, 0.3) is 11.8 Å². The van der Waals surface area contributed by atoms with Gasteiger partial charge in [-0.05, 0) is 23.8 Å². The Labute approximate surface area is 128 Å². The summed E-state index contributed by atoms with van der Waals surface area (Å²) in [6.07, 6.45) is 4.91. The normalized spacial score (nSPS) is 9.82. The van der Waals surface area contributed by atoms with Crippen molar-refractivity contribution in [2.24, 2.45) is 0 Å². The first-order valence-corrected chi connectivity index (χ1v) is 6.74. The van der Waals surface area contributed by atoms with Gasteiger partial charge in [-0.2, -0.15) is 0 Å². The van der Waals surface area contributed by atoms with Crippen molar-refractivity contribution in [1.82, 2.24) is 20.6 Å². The van der Waals surface area contributed by atoms with E-state index >= 15 is 0 Å². The van der Waals surface area contributed by atoms with Crippen molar-refractivity contribution in [3.05, 3.63) is 72.3 Å². The number of amides is 2. The van der Waals surface area contributed by atoms with E-state index in [-0.39, 0.29) is 23.2 Å². The first kappa shape index (κ1) is 15.4. The maximum Gasteiger partial charge on any atom is 0.270 e. The summed E-state index contributed by atoms with van der Waals surface area (Å²) in [6.45, 7) is 4.21. The van der Waals surface area contributed by atoms with Crippen LogP contribution in [0.2, 0.25) is 0 Å². The maximum absolute atomic E-state index is 12.1. The zero-order chi connectivity index (χ0) is 15.8. The lowest BCUT2D eigenvalue weighted by molar-refractivity contribution is 0.0944. The van der Waals surface area contributed by atoms with Crippen molar-refractivity contribution in [2.45, 2.75) is 6.54 Å². The second kappa shape index (κ2) is 7.68. The molecule has 0 fully saturated rings. The number of pyridine rings is 2. The molecule has 0 radical (unpaired) electrons. The van der Waals surface area contributed by atoms with Gasteiger partial charge < -0.3 is 10.6 Å². The molecule has 6 heteroatoms. The molecule has 2 heterocycles. The van der Waals surface area contributed by atoms with Crippen LogP contribution in [0.3, 0.4) is 0 Å². The predicted molar refractivity (Wildman–Crippen MR) is 82.2 cm³/mol. The summed E-state index contributed by atoms with van der Waals surface area (Å²) < 4.78 is 0. The predicted octanol–water partition coefficient (Wildman–Crippen LogP) is 1.32. The Bertz CT molecular complexity index is 671. The van der Waals surface area contributed by atoms with E-state index < -0.39 is 0 Å². The van der Waals surface area contributed by atoms with E-state index in [4.69, 9.17) is 0 Å². The highest BCUT2D eigenvalue weighted by molar-refractivity contribution is 5.96. The lowest BCUT2D eigenvalue weighted by Crippen LogP contribution is -2.27. The fourth-order valence-corrected chi connectivity index (χ4v) is 1.72. The van der Waals surface area contributed by atoms with E-state index in [1.54, 1.807) is 42.7 Å².